The normalized spacial score (nSPS) is 14.2. The smallest absolute Gasteiger partial charge is 0.257 e. The van der Waals surface area contributed by atoms with Crippen LogP contribution in [-0.2, 0) is 11.3 Å². The van der Waals surface area contributed by atoms with Gasteiger partial charge in [0.15, 0.2) is 0 Å². The molecule has 0 aliphatic carbocycles. The summed E-state index contributed by atoms with van der Waals surface area (Å²) < 4.78 is 1.84. The molecule has 0 N–H and O–H groups in total. The standard InChI is InChI=1S/C25H28N4O2/c1-19(2)24(30)27-13-15-28(16-14-27)25(31)22-18-29(17-20-9-5-3-6-10-20)26-23(22)21-11-7-4-8-12-21/h3-12,18-19H,13-17H2,1-2H3. The van der Waals surface area contributed by atoms with E-state index in [0.29, 0.717) is 44.0 Å². The van der Waals surface area contributed by atoms with Crippen LogP contribution in [0.2, 0.25) is 0 Å². The topological polar surface area (TPSA) is 58.4 Å². The van der Waals surface area contributed by atoms with Crippen LogP contribution in [0.25, 0.3) is 11.3 Å². The first-order valence-electron chi connectivity index (χ1n) is 10.8. The first kappa shape index (κ1) is 20.8. The van der Waals surface area contributed by atoms with Crippen LogP contribution in [-0.4, -0.2) is 57.6 Å². The molecular formula is C25H28N4O2. The second-order valence-electron chi connectivity index (χ2n) is 8.21. The highest BCUT2D eigenvalue weighted by Gasteiger charge is 2.28. The van der Waals surface area contributed by atoms with E-state index in [1.807, 2.05) is 83.1 Å². The summed E-state index contributed by atoms with van der Waals surface area (Å²) >= 11 is 0. The van der Waals surface area contributed by atoms with Crippen LogP contribution >= 0.6 is 0 Å². The number of aromatic nitrogens is 2. The maximum absolute atomic E-state index is 13.4. The second-order valence-corrected chi connectivity index (χ2v) is 8.21. The van der Waals surface area contributed by atoms with Gasteiger partial charge in [0, 0.05) is 43.9 Å². The lowest BCUT2D eigenvalue weighted by Gasteiger charge is -2.35. The van der Waals surface area contributed by atoms with Crippen LogP contribution in [0.3, 0.4) is 0 Å². The van der Waals surface area contributed by atoms with E-state index in [9.17, 15) is 9.59 Å². The van der Waals surface area contributed by atoms with E-state index < -0.39 is 0 Å². The second kappa shape index (κ2) is 9.16. The van der Waals surface area contributed by atoms with Crippen LogP contribution in [0.15, 0.2) is 66.9 Å². The summed E-state index contributed by atoms with van der Waals surface area (Å²) in [5, 5.41) is 4.76. The summed E-state index contributed by atoms with van der Waals surface area (Å²) in [4.78, 5) is 29.4. The molecule has 0 saturated carbocycles. The molecular weight excluding hydrogens is 388 g/mol. The van der Waals surface area contributed by atoms with Crippen LogP contribution < -0.4 is 0 Å². The van der Waals surface area contributed by atoms with E-state index >= 15 is 0 Å². The summed E-state index contributed by atoms with van der Waals surface area (Å²) in [7, 11) is 0. The van der Waals surface area contributed by atoms with Crippen molar-refractivity contribution >= 4 is 11.8 Å². The zero-order valence-electron chi connectivity index (χ0n) is 18.1. The quantitative estimate of drug-likeness (QED) is 0.639. The maximum atomic E-state index is 13.4. The Bertz CT molecular complexity index is 1040. The number of hydrogen-bond donors (Lipinski definition) is 0. The Balaban J connectivity index is 1.58. The zero-order chi connectivity index (χ0) is 21.8. The van der Waals surface area contributed by atoms with Crippen molar-refractivity contribution in [1.29, 1.82) is 0 Å². The molecule has 6 heteroatoms. The molecule has 2 amide bonds. The largest absolute Gasteiger partial charge is 0.339 e. The van der Waals surface area contributed by atoms with Gasteiger partial charge in [0.05, 0.1) is 12.1 Å². The van der Waals surface area contributed by atoms with Crippen molar-refractivity contribution in [3.63, 3.8) is 0 Å². The van der Waals surface area contributed by atoms with Gasteiger partial charge in [-0.05, 0) is 5.56 Å². The highest BCUT2D eigenvalue weighted by Crippen LogP contribution is 2.24. The summed E-state index contributed by atoms with van der Waals surface area (Å²) in [6.45, 7) is 6.64. The van der Waals surface area contributed by atoms with Gasteiger partial charge in [0.1, 0.15) is 5.69 Å². The lowest BCUT2D eigenvalue weighted by molar-refractivity contribution is -0.135. The van der Waals surface area contributed by atoms with E-state index in [-0.39, 0.29) is 17.7 Å². The van der Waals surface area contributed by atoms with Gasteiger partial charge in [-0.25, -0.2) is 0 Å². The third-order valence-corrected chi connectivity index (χ3v) is 5.60. The van der Waals surface area contributed by atoms with Gasteiger partial charge in [-0.15, -0.1) is 0 Å². The molecule has 0 bridgehead atoms. The van der Waals surface area contributed by atoms with Crippen molar-refractivity contribution < 1.29 is 9.59 Å². The SMILES string of the molecule is CC(C)C(=O)N1CCN(C(=O)c2cn(Cc3ccccc3)nc2-c2ccccc2)CC1. The fraction of sp³-hybridized carbons (Fsp3) is 0.320. The molecule has 1 aromatic heterocycles. The Morgan fingerprint density at radius 3 is 2.06 bits per heavy atom. The van der Waals surface area contributed by atoms with Gasteiger partial charge in [-0.3, -0.25) is 14.3 Å². The highest BCUT2D eigenvalue weighted by molar-refractivity contribution is 6.00. The van der Waals surface area contributed by atoms with Crippen molar-refractivity contribution in [2.24, 2.45) is 5.92 Å². The van der Waals surface area contributed by atoms with E-state index in [1.54, 1.807) is 0 Å². The lowest BCUT2D eigenvalue weighted by atomic mass is 10.1. The molecule has 4 rings (SSSR count). The molecule has 160 valence electrons. The summed E-state index contributed by atoms with van der Waals surface area (Å²) in [6, 6.07) is 19.9. The number of carbonyl (C=O) groups excluding carboxylic acids is 2. The molecule has 1 aliphatic rings. The minimum absolute atomic E-state index is 0.0249. The molecule has 0 spiro atoms. The molecule has 2 aromatic carbocycles. The Kier molecular flexibility index (Phi) is 6.16. The van der Waals surface area contributed by atoms with E-state index in [4.69, 9.17) is 5.10 Å². The van der Waals surface area contributed by atoms with Crippen molar-refractivity contribution in [3.05, 3.63) is 78.0 Å². The van der Waals surface area contributed by atoms with Crippen LogP contribution in [0.1, 0.15) is 29.8 Å². The monoisotopic (exact) mass is 416 g/mol. The average Bonchev–Trinajstić information content (AvgIpc) is 3.23. The lowest BCUT2D eigenvalue weighted by Crippen LogP contribution is -2.51. The Hall–Kier alpha value is -3.41. The van der Waals surface area contributed by atoms with Crippen LogP contribution in [0.5, 0.6) is 0 Å². The molecule has 3 aromatic rings. The van der Waals surface area contributed by atoms with Gasteiger partial charge < -0.3 is 9.80 Å². The summed E-state index contributed by atoms with van der Waals surface area (Å²) in [5.74, 6) is 0.0886. The zero-order valence-corrected chi connectivity index (χ0v) is 18.1. The number of rotatable bonds is 5. The van der Waals surface area contributed by atoms with E-state index in [0.717, 1.165) is 11.1 Å². The van der Waals surface area contributed by atoms with Crippen molar-refractivity contribution in [1.82, 2.24) is 19.6 Å². The van der Waals surface area contributed by atoms with Gasteiger partial charge in [-0.2, -0.15) is 5.10 Å². The van der Waals surface area contributed by atoms with Gasteiger partial charge in [0.25, 0.3) is 5.91 Å². The number of carbonyl (C=O) groups is 2. The van der Waals surface area contributed by atoms with Crippen molar-refractivity contribution in [2.45, 2.75) is 20.4 Å². The fourth-order valence-corrected chi connectivity index (χ4v) is 3.90. The predicted molar refractivity (Wildman–Crippen MR) is 121 cm³/mol. The Labute approximate surface area is 183 Å². The van der Waals surface area contributed by atoms with Crippen molar-refractivity contribution in [2.75, 3.05) is 26.2 Å². The van der Waals surface area contributed by atoms with Gasteiger partial charge in [0.2, 0.25) is 5.91 Å². The van der Waals surface area contributed by atoms with Gasteiger partial charge >= 0.3 is 0 Å². The molecule has 31 heavy (non-hydrogen) atoms. The first-order chi connectivity index (χ1) is 15.0. The Morgan fingerprint density at radius 2 is 1.45 bits per heavy atom. The van der Waals surface area contributed by atoms with E-state index in [2.05, 4.69) is 12.1 Å². The number of hydrogen-bond acceptors (Lipinski definition) is 3. The molecule has 6 nitrogen and oxygen atoms in total. The number of nitrogens with zero attached hydrogens (tertiary/aromatic N) is 4. The Morgan fingerprint density at radius 1 is 0.871 bits per heavy atom. The molecule has 0 unspecified atom stereocenters. The average molecular weight is 417 g/mol. The molecule has 1 fully saturated rings. The van der Waals surface area contributed by atoms with Crippen molar-refractivity contribution in [3.8, 4) is 11.3 Å². The molecule has 1 saturated heterocycles. The molecule has 0 atom stereocenters. The van der Waals surface area contributed by atoms with Gasteiger partial charge in [-0.1, -0.05) is 74.5 Å². The minimum atomic E-state index is -0.0326. The minimum Gasteiger partial charge on any atom is -0.339 e. The number of amides is 2. The summed E-state index contributed by atoms with van der Waals surface area (Å²) in [6.07, 6.45) is 1.85. The number of piperazine rings is 1. The first-order valence-corrected chi connectivity index (χ1v) is 10.8. The third kappa shape index (κ3) is 4.68. The predicted octanol–water partition coefficient (Wildman–Crippen LogP) is 3.54. The third-order valence-electron chi connectivity index (χ3n) is 5.60. The molecule has 0 radical (unpaired) electrons. The van der Waals surface area contributed by atoms with Crippen LogP contribution in [0, 0.1) is 5.92 Å². The van der Waals surface area contributed by atoms with Crippen LogP contribution in [0.4, 0.5) is 0 Å². The number of benzene rings is 2. The molecule has 1 aliphatic heterocycles. The molecule has 2 heterocycles. The fourth-order valence-electron chi connectivity index (χ4n) is 3.90. The van der Waals surface area contributed by atoms with E-state index in [1.165, 1.54) is 0 Å². The highest BCUT2D eigenvalue weighted by atomic mass is 16.2. The maximum Gasteiger partial charge on any atom is 0.257 e. The summed E-state index contributed by atoms with van der Waals surface area (Å²) in [5.41, 5.74) is 3.35.